The molecule has 6 nitrogen and oxygen atoms in total. The van der Waals surface area contributed by atoms with Gasteiger partial charge < -0.3 is 0 Å². The summed E-state index contributed by atoms with van der Waals surface area (Å²) in [6.07, 6.45) is 7.94. The molecule has 1 aromatic rings. The molecule has 27 heavy (non-hydrogen) atoms. The summed E-state index contributed by atoms with van der Waals surface area (Å²) in [7, 11) is 0. The minimum absolute atomic E-state index is 0.261. The van der Waals surface area contributed by atoms with Gasteiger partial charge in [-0.3, -0.25) is 29.8 Å². The van der Waals surface area contributed by atoms with Gasteiger partial charge in [0.1, 0.15) is 0 Å². The van der Waals surface area contributed by atoms with E-state index in [1.807, 2.05) is 12.1 Å². The average molecular weight is 358 g/mol. The van der Waals surface area contributed by atoms with E-state index in [0.29, 0.717) is 22.3 Å². The zero-order valence-corrected chi connectivity index (χ0v) is 14.1. The van der Waals surface area contributed by atoms with Crippen LogP contribution in [0.3, 0.4) is 0 Å². The van der Waals surface area contributed by atoms with Gasteiger partial charge in [0.25, 0.3) is 23.6 Å². The van der Waals surface area contributed by atoms with Crippen LogP contribution in [0.5, 0.6) is 0 Å². The number of nitrogens with one attached hydrogen (secondary N) is 2. The highest BCUT2D eigenvalue weighted by molar-refractivity contribution is 6.34. The van der Waals surface area contributed by atoms with E-state index >= 15 is 0 Å². The summed E-state index contributed by atoms with van der Waals surface area (Å²) >= 11 is 0. The Bertz CT molecular complexity index is 1070. The number of hydrogen-bond acceptors (Lipinski definition) is 4. The van der Waals surface area contributed by atoms with Crippen LogP contribution in [0.25, 0.3) is 11.1 Å². The number of carbonyl (C=O) groups excluding carboxylic acids is 4. The minimum Gasteiger partial charge on any atom is -0.289 e. The van der Waals surface area contributed by atoms with Gasteiger partial charge in [0.05, 0.1) is 5.57 Å². The number of benzene rings is 1. The van der Waals surface area contributed by atoms with Crippen LogP contribution < -0.4 is 10.6 Å². The molecule has 3 aliphatic rings. The van der Waals surface area contributed by atoms with Crippen molar-refractivity contribution in [3.63, 3.8) is 0 Å². The van der Waals surface area contributed by atoms with E-state index in [2.05, 4.69) is 17.2 Å². The van der Waals surface area contributed by atoms with Crippen molar-refractivity contribution in [1.82, 2.24) is 10.6 Å². The van der Waals surface area contributed by atoms with Gasteiger partial charge in [-0.05, 0) is 22.3 Å². The molecule has 1 aliphatic carbocycles. The second kappa shape index (κ2) is 6.17. The van der Waals surface area contributed by atoms with Crippen LogP contribution >= 0.6 is 0 Å². The summed E-state index contributed by atoms with van der Waals surface area (Å²) in [5.74, 6) is -2.38. The zero-order chi connectivity index (χ0) is 19.1. The van der Waals surface area contributed by atoms with E-state index in [9.17, 15) is 19.2 Å². The Morgan fingerprint density at radius 1 is 0.815 bits per heavy atom. The number of allylic oxidation sites excluding steroid dienone is 5. The number of hydrogen-bond donors (Lipinski definition) is 2. The standard InChI is InChI=1S/C21H14N2O4/c1-11-5-4-8-14(19(11)16-10-18(25)23-21(16)27)12-6-2-3-7-13(12)15-9-17(24)22-20(15)26/h2-10,19H,1H2,(H,22,24,26)(H,23,25,27). The monoisotopic (exact) mass is 358 g/mol. The van der Waals surface area contributed by atoms with Crippen LogP contribution in [0.15, 0.2) is 72.4 Å². The van der Waals surface area contributed by atoms with Gasteiger partial charge >= 0.3 is 0 Å². The third-order valence-electron chi connectivity index (χ3n) is 4.65. The SMILES string of the molecule is C=C1C=CC=C(c2ccccc2C2=CC(=O)NC2=O)C1C1=CC(=O)NC1=O. The van der Waals surface area contributed by atoms with E-state index in [0.717, 1.165) is 5.57 Å². The van der Waals surface area contributed by atoms with Crippen LogP contribution in [-0.4, -0.2) is 23.6 Å². The van der Waals surface area contributed by atoms with E-state index < -0.39 is 29.5 Å². The summed E-state index contributed by atoms with van der Waals surface area (Å²) in [6.45, 7) is 4.02. The molecule has 0 bridgehead atoms. The molecule has 4 amide bonds. The molecule has 2 heterocycles. The lowest BCUT2D eigenvalue weighted by molar-refractivity contribution is -0.125. The molecular formula is C21H14N2O4. The van der Waals surface area contributed by atoms with E-state index in [1.54, 1.807) is 30.4 Å². The summed E-state index contributed by atoms with van der Waals surface area (Å²) in [5, 5.41) is 4.50. The zero-order valence-electron chi connectivity index (χ0n) is 14.1. The molecule has 1 aromatic carbocycles. The lowest BCUT2D eigenvalue weighted by atomic mass is 9.77. The lowest BCUT2D eigenvalue weighted by Gasteiger charge is -2.25. The molecular weight excluding hydrogens is 344 g/mol. The molecule has 0 saturated carbocycles. The molecule has 132 valence electrons. The molecule has 0 aromatic heterocycles. The summed E-state index contributed by atoms with van der Waals surface area (Å²) in [5.41, 5.74) is 3.21. The quantitative estimate of drug-likeness (QED) is 0.800. The fourth-order valence-electron chi connectivity index (χ4n) is 3.50. The molecule has 6 heteroatoms. The molecule has 2 N–H and O–H groups in total. The van der Waals surface area contributed by atoms with Gasteiger partial charge in [0, 0.05) is 23.6 Å². The van der Waals surface area contributed by atoms with Crippen molar-refractivity contribution < 1.29 is 19.2 Å². The largest absolute Gasteiger partial charge is 0.289 e. The smallest absolute Gasteiger partial charge is 0.258 e. The second-order valence-electron chi connectivity index (χ2n) is 6.33. The summed E-state index contributed by atoms with van der Waals surface area (Å²) in [4.78, 5) is 47.6. The highest BCUT2D eigenvalue weighted by Crippen LogP contribution is 2.41. The normalized spacial score (nSPS) is 21.7. The third kappa shape index (κ3) is 2.77. The van der Waals surface area contributed by atoms with Gasteiger partial charge in [-0.1, -0.05) is 49.1 Å². The van der Waals surface area contributed by atoms with Crippen molar-refractivity contribution in [2.45, 2.75) is 0 Å². The van der Waals surface area contributed by atoms with Crippen molar-refractivity contribution in [3.05, 3.63) is 83.5 Å². The van der Waals surface area contributed by atoms with Crippen LogP contribution in [-0.2, 0) is 19.2 Å². The molecule has 0 radical (unpaired) electrons. The predicted octanol–water partition coefficient (Wildman–Crippen LogP) is 1.43. The van der Waals surface area contributed by atoms with Crippen LogP contribution in [0.1, 0.15) is 11.1 Å². The van der Waals surface area contributed by atoms with Crippen LogP contribution in [0.4, 0.5) is 0 Å². The van der Waals surface area contributed by atoms with Gasteiger partial charge in [-0.25, -0.2) is 0 Å². The second-order valence-corrected chi connectivity index (χ2v) is 6.33. The maximum atomic E-state index is 12.2. The Morgan fingerprint density at radius 2 is 1.48 bits per heavy atom. The summed E-state index contributed by atoms with van der Waals surface area (Å²) in [6, 6.07) is 7.13. The maximum absolute atomic E-state index is 12.2. The van der Waals surface area contributed by atoms with Gasteiger partial charge in [-0.15, -0.1) is 0 Å². The van der Waals surface area contributed by atoms with Gasteiger partial charge in [0.2, 0.25) is 0 Å². The first-order valence-electron chi connectivity index (χ1n) is 8.26. The first kappa shape index (κ1) is 16.7. The number of rotatable bonds is 3. The summed E-state index contributed by atoms with van der Waals surface area (Å²) < 4.78 is 0. The van der Waals surface area contributed by atoms with Crippen LogP contribution in [0, 0.1) is 5.92 Å². The number of imide groups is 2. The fraction of sp³-hybridized carbons (Fsp3) is 0.0476. The van der Waals surface area contributed by atoms with E-state index in [1.165, 1.54) is 12.2 Å². The van der Waals surface area contributed by atoms with Gasteiger partial charge in [0.15, 0.2) is 0 Å². The first-order valence-corrected chi connectivity index (χ1v) is 8.26. The Balaban J connectivity index is 1.87. The Hall–Kier alpha value is -3.80. The van der Waals surface area contributed by atoms with Crippen LogP contribution in [0.2, 0.25) is 0 Å². The molecule has 0 spiro atoms. The first-order chi connectivity index (χ1) is 13.0. The van der Waals surface area contributed by atoms with Crippen molar-refractivity contribution in [3.8, 4) is 0 Å². The van der Waals surface area contributed by atoms with E-state index in [4.69, 9.17) is 0 Å². The minimum atomic E-state index is -0.525. The van der Waals surface area contributed by atoms with Crippen molar-refractivity contribution in [2.24, 2.45) is 5.92 Å². The topological polar surface area (TPSA) is 92.3 Å². The Labute approximate surface area is 154 Å². The Kier molecular flexibility index (Phi) is 3.81. The van der Waals surface area contributed by atoms with Gasteiger partial charge in [-0.2, -0.15) is 0 Å². The number of carbonyl (C=O) groups is 4. The molecule has 0 fully saturated rings. The molecule has 4 rings (SSSR count). The highest BCUT2D eigenvalue weighted by Gasteiger charge is 2.34. The third-order valence-corrected chi connectivity index (χ3v) is 4.65. The fourth-order valence-corrected chi connectivity index (χ4v) is 3.50. The van der Waals surface area contributed by atoms with E-state index in [-0.39, 0.29) is 5.57 Å². The van der Waals surface area contributed by atoms with Crippen molar-refractivity contribution >= 4 is 34.8 Å². The lowest BCUT2D eigenvalue weighted by Crippen LogP contribution is -2.25. The predicted molar refractivity (Wildman–Crippen MR) is 98.5 cm³/mol. The number of amides is 4. The maximum Gasteiger partial charge on any atom is 0.258 e. The van der Waals surface area contributed by atoms with Crippen molar-refractivity contribution in [2.75, 3.05) is 0 Å². The van der Waals surface area contributed by atoms with Crippen molar-refractivity contribution in [1.29, 1.82) is 0 Å². The molecule has 1 atom stereocenters. The molecule has 1 unspecified atom stereocenters. The molecule has 0 saturated heterocycles. The highest BCUT2D eigenvalue weighted by atomic mass is 16.2. The average Bonchev–Trinajstić information content (AvgIpc) is 3.14. The molecule has 2 aliphatic heterocycles. The Morgan fingerprint density at radius 3 is 2.11 bits per heavy atom.